The Morgan fingerprint density at radius 3 is 2.55 bits per heavy atom. The lowest BCUT2D eigenvalue weighted by Crippen LogP contribution is -2.25. The number of nitrogens with zero attached hydrogens (tertiary/aromatic N) is 2. The molecule has 2 heterocycles. The van der Waals surface area contributed by atoms with Gasteiger partial charge >= 0.3 is 5.97 Å². The van der Waals surface area contributed by atoms with E-state index < -0.39 is 5.97 Å². The van der Waals surface area contributed by atoms with E-state index in [9.17, 15) is 9.59 Å². The molecule has 1 amide bonds. The van der Waals surface area contributed by atoms with Crippen LogP contribution < -0.4 is 10.2 Å². The molecule has 0 atom stereocenters. The van der Waals surface area contributed by atoms with Gasteiger partial charge in [0.2, 0.25) is 5.91 Å². The zero-order valence-corrected chi connectivity index (χ0v) is 17.8. The lowest BCUT2D eigenvalue weighted by molar-refractivity contribution is -0.112. The fraction of sp³-hybridized carbons (Fsp3) is 0.348. The van der Waals surface area contributed by atoms with Crippen molar-refractivity contribution >= 4 is 23.3 Å². The van der Waals surface area contributed by atoms with Crippen LogP contribution in [-0.2, 0) is 14.9 Å². The highest BCUT2D eigenvalue weighted by Crippen LogP contribution is 2.46. The molecule has 6 heteroatoms. The van der Waals surface area contributed by atoms with E-state index in [4.69, 9.17) is 4.74 Å². The molecule has 1 aliphatic heterocycles. The van der Waals surface area contributed by atoms with E-state index in [1.165, 1.54) is 5.56 Å². The van der Waals surface area contributed by atoms with Gasteiger partial charge in [-0.3, -0.25) is 9.78 Å². The molecule has 29 heavy (non-hydrogen) atoms. The van der Waals surface area contributed by atoms with Gasteiger partial charge in [0.05, 0.1) is 29.2 Å². The Bertz CT molecular complexity index is 1010. The molecule has 0 bridgehead atoms. The summed E-state index contributed by atoms with van der Waals surface area (Å²) < 4.78 is 5.08. The highest BCUT2D eigenvalue weighted by Gasteiger charge is 2.38. The SMILES string of the molecule is CCOC(=O)c1cc(NC(=O)C=C2N(C)c3ccccc3C2(C)C)c(C)nc1C. The second-order valence-corrected chi connectivity index (χ2v) is 7.69. The monoisotopic (exact) mass is 393 g/mol. The van der Waals surface area contributed by atoms with Gasteiger partial charge in [0.25, 0.3) is 0 Å². The Kier molecular flexibility index (Phi) is 5.46. The Labute approximate surface area is 171 Å². The molecule has 2 aromatic rings. The topological polar surface area (TPSA) is 71.5 Å². The fourth-order valence-electron chi connectivity index (χ4n) is 3.82. The van der Waals surface area contributed by atoms with E-state index in [-0.39, 0.29) is 17.9 Å². The van der Waals surface area contributed by atoms with Gasteiger partial charge in [-0.15, -0.1) is 0 Å². The molecule has 1 aliphatic rings. The van der Waals surface area contributed by atoms with Crippen LogP contribution in [0.2, 0.25) is 0 Å². The molecule has 0 saturated heterocycles. The second-order valence-electron chi connectivity index (χ2n) is 7.69. The minimum atomic E-state index is -0.446. The second kappa shape index (κ2) is 7.70. The van der Waals surface area contributed by atoms with E-state index in [1.807, 2.05) is 24.1 Å². The lowest BCUT2D eigenvalue weighted by Gasteiger charge is -2.24. The summed E-state index contributed by atoms with van der Waals surface area (Å²) in [5.74, 6) is -0.713. The standard InChI is InChI=1S/C23H27N3O3/c1-7-29-22(28)16-12-18(15(3)24-14(16)2)25-21(27)13-20-23(4,5)17-10-8-9-11-19(17)26(20)6/h8-13H,7H2,1-6H3,(H,25,27). The number of esters is 1. The maximum atomic E-state index is 12.8. The number of para-hydroxylation sites is 1. The number of ether oxygens (including phenoxy) is 1. The maximum Gasteiger partial charge on any atom is 0.340 e. The summed E-state index contributed by atoms with van der Waals surface area (Å²) in [6.07, 6.45) is 1.61. The van der Waals surface area contributed by atoms with Gasteiger partial charge in [-0.2, -0.15) is 0 Å². The Morgan fingerprint density at radius 2 is 1.90 bits per heavy atom. The van der Waals surface area contributed by atoms with Crippen LogP contribution in [0.15, 0.2) is 42.1 Å². The van der Waals surface area contributed by atoms with Gasteiger partial charge in [0.15, 0.2) is 0 Å². The number of likely N-dealkylation sites (N-methyl/N-ethyl adjacent to an activating group) is 1. The molecule has 152 valence electrons. The Hall–Kier alpha value is -3.15. The normalized spacial score (nSPS) is 15.9. The molecule has 0 fully saturated rings. The highest BCUT2D eigenvalue weighted by molar-refractivity contribution is 6.02. The minimum absolute atomic E-state index is 0.267. The molecule has 0 spiro atoms. The smallest absolute Gasteiger partial charge is 0.340 e. The first-order valence-corrected chi connectivity index (χ1v) is 9.68. The fourth-order valence-corrected chi connectivity index (χ4v) is 3.82. The third-order valence-electron chi connectivity index (χ3n) is 5.37. The van der Waals surface area contributed by atoms with Crippen LogP contribution in [0, 0.1) is 13.8 Å². The van der Waals surface area contributed by atoms with Crippen LogP contribution in [0.4, 0.5) is 11.4 Å². The number of hydrogen-bond acceptors (Lipinski definition) is 5. The first-order chi connectivity index (χ1) is 13.7. The van der Waals surface area contributed by atoms with E-state index in [1.54, 1.807) is 32.9 Å². The molecule has 3 rings (SSSR count). The molecule has 0 aliphatic carbocycles. The molecule has 0 radical (unpaired) electrons. The average molecular weight is 393 g/mol. The summed E-state index contributed by atoms with van der Waals surface area (Å²) in [6, 6.07) is 9.77. The molecule has 0 saturated carbocycles. The van der Waals surface area contributed by atoms with Crippen molar-refractivity contribution in [2.75, 3.05) is 23.9 Å². The molecular formula is C23H27N3O3. The van der Waals surface area contributed by atoms with E-state index in [0.717, 1.165) is 11.4 Å². The zero-order valence-electron chi connectivity index (χ0n) is 17.8. The maximum absolute atomic E-state index is 12.8. The number of hydrogen-bond donors (Lipinski definition) is 1. The Morgan fingerprint density at radius 1 is 1.21 bits per heavy atom. The number of anilines is 2. The van der Waals surface area contributed by atoms with Gasteiger partial charge in [0, 0.05) is 29.9 Å². The largest absolute Gasteiger partial charge is 0.462 e. The third kappa shape index (κ3) is 3.75. The van der Waals surface area contributed by atoms with E-state index in [0.29, 0.717) is 22.6 Å². The molecule has 1 aromatic carbocycles. The lowest BCUT2D eigenvalue weighted by atomic mass is 9.84. The third-order valence-corrected chi connectivity index (χ3v) is 5.37. The predicted octanol–water partition coefficient (Wildman–Crippen LogP) is 4.13. The first kappa shape index (κ1) is 20.6. The van der Waals surface area contributed by atoms with Crippen molar-refractivity contribution in [3.05, 3.63) is 64.6 Å². The summed E-state index contributed by atoms with van der Waals surface area (Å²) >= 11 is 0. The van der Waals surface area contributed by atoms with Gasteiger partial charge in [-0.1, -0.05) is 32.0 Å². The van der Waals surface area contributed by atoms with Crippen molar-refractivity contribution in [2.24, 2.45) is 0 Å². The number of fused-ring (bicyclic) bond motifs is 1. The summed E-state index contributed by atoms with van der Waals surface area (Å²) in [6.45, 7) is 9.79. The average Bonchev–Trinajstić information content (AvgIpc) is 2.85. The first-order valence-electron chi connectivity index (χ1n) is 9.68. The number of carbonyl (C=O) groups excluding carboxylic acids is 2. The van der Waals surface area contributed by atoms with E-state index in [2.05, 4.69) is 36.3 Å². The molecule has 6 nitrogen and oxygen atoms in total. The van der Waals surface area contributed by atoms with Gasteiger partial charge in [-0.05, 0) is 38.5 Å². The van der Waals surface area contributed by atoms with Crippen LogP contribution in [0.3, 0.4) is 0 Å². The van der Waals surface area contributed by atoms with Crippen LogP contribution >= 0.6 is 0 Å². The zero-order chi connectivity index (χ0) is 21.3. The number of nitrogens with one attached hydrogen (secondary N) is 1. The van der Waals surface area contributed by atoms with Crippen LogP contribution in [0.25, 0.3) is 0 Å². The number of carbonyl (C=O) groups is 2. The number of allylic oxidation sites excluding steroid dienone is 1. The molecule has 1 N–H and O–H groups in total. The number of pyridine rings is 1. The number of aryl methyl sites for hydroxylation is 2. The Balaban J connectivity index is 1.90. The van der Waals surface area contributed by atoms with Gasteiger partial charge in [-0.25, -0.2) is 4.79 Å². The van der Waals surface area contributed by atoms with Crippen LogP contribution in [0.5, 0.6) is 0 Å². The molecule has 0 unspecified atom stereocenters. The van der Waals surface area contributed by atoms with Crippen LogP contribution in [0.1, 0.15) is 48.1 Å². The van der Waals surface area contributed by atoms with Gasteiger partial charge in [0.1, 0.15) is 0 Å². The van der Waals surface area contributed by atoms with E-state index >= 15 is 0 Å². The quantitative estimate of drug-likeness (QED) is 0.625. The predicted molar refractivity (Wildman–Crippen MR) is 114 cm³/mol. The van der Waals surface area contributed by atoms with Crippen molar-refractivity contribution in [3.63, 3.8) is 0 Å². The van der Waals surface area contributed by atoms with Crippen molar-refractivity contribution in [1.82, 2.24) is 4.98 Å². The van der Waals surface area contributed by atoms with Crippen molar-refractivity contribution in [1.29, 1.82) is 0 Å². The van der Waals surface area contributed by atoms with Gasteiger partial charge < -0.3 is 15.0 Å². The summed E-state index contributed by atoms with van der Waals surface area (Å²) in [5.41, 5.74) is 4.95. The number of amides is 1. The minimum Gasteiger partial charge on any atom is -0.462 e. The van der Waals surface area contributed by atoms with Crippen molar-refractivity contribution < 1.29 is 14.3 Å². The summed E-state index contributed by atoms with van der Waals surface area (Å²) in [7, 11) is 1.96. The van der Waals surface area contributed by atoms with Crippen molar-refractivity contribution in [2.45, 2.75) is 40.0 Å². The highest BCUT2D eigenvalue weighted by atomic mass is 16.5. The molecular weight excluding hydrogens is 366 g/mol. The van der Waals surface area contributed by atoms with Crippen LogP contribution in [-0.4, -0.2) is 30.5 Å². The van der Waals surface area contributed by atoms with Crippen molar-refractivity contribution in [3.8, 4) is 0 Å². The number of aromatic nitrogens is 1. The number of benzene rings is 1. The molecule has 1 aromatic heterocycles. The summed E-state index contributed by atoms with van der Waals surface area (Å²) in [4.78, 5) is 31.4. The number of rotatable bonds is 4. The summed E-state index contributed by atoms with van der Waals surface area (Å²) in [5, 5.41) is 2.87.